The normalized spacial score (nSPS) is 14.6. The minimum Gasteiger partial charge on any atom is -0.352 e. The van der Waals surface area contributed by atoms with Gasteiger partial charge in [0.25, 0.3) is 0 Å². The highest BCUT2D eigenvalue weighted by molar-refractivity contribution is 5.85. The number of nitrogens with one attached hydrogen (secondary N) is 2. The Balaban J connectivity index is 0.00000264. The van der Waals surface area contributed by atoms with Crippen LogP contribution < -0.4 is 10.6 Å². The summed E-state index contributed by atoms with van der Waals surface area (Å²) in [6.07, 6.45) is 4.09. The van der Waals surface area contributed by atoms with E-state index in [2.05, 4.69) is 47.8 Å². The molecule has 1 saturated heterocycles. The standard InChI is InChI=1S/C18H29N3O.2ClH/c1-21(2)14-17-6-4-3-5-16(17)13-20-18(22)8-7-15-9-11-19-12-10-15;;/h3-6,15,19H,7-14H2,1-2H3,(H,20,22);2*1H. The van der Waals surface area contributed by atoms with Gasteiger partial charge in [0, 0.05) is 19.5 Å². The van der Waals surface area contributed by atoms with Gasteiger partial charge >= 0.3 is 0 Å². The van der Waals surface area contributed by atoms with Crippen LogP contribution in [0.15, 0.2) is 24.3 Å². The first-order valence-electron chi connectivity index (χ1n) is 8.34. The molecule has 1 heterocycles. The van der Waals surface area contributed by atoms with Crippen LogP contribution in [-0.4, -0.2) is 38.0 Å². The Morgan fingerprint density at radius 1 is 1.17 bits per heavy atom. The minimum absolute atomic E-state index is 0. The van der Waals surface area contributed by atoms with E-state index in [1.165, 1.54) is 24.0 Å². The number of hydrogen-bond acceptors (Lipinski definition) is 3. The van der Waals surface area contributed by atoms with Crippen LogP contribution in [0.3, 0.4) is 0 Å². The molecule has 1 fully saturated rings. The molecule has 1 aromatic carbocycles. The van der Waals surface area contributed by atoms with E-state index < -0.39 is 0 Å². The van der Waals surface area contributed by atoms with E-state index in [0.29, 0.717) is 18.9 Å². The molecule has 138 valence electrons. The van der Waals surface area contributed by atoms with Crippen LogP contribution in [0.4, 0.5) is 0 Å². The van der Waals surface area contributed by atoms with Gasteiger partial charge in [0.05, 0.1) is 0 Å². The Hall–Kier alpha value is -0.810. The van der Waals surface area contributed by atoms with Gasteiger partial charge < -0.3 is 15.5 Å². The second-order valence-corrected chi connectivity index (χ2v) is 6.52. The molecule has 24 heavy (non-hydrogen) atoms. The van der Waals surface area contributed by atoms with Crippen molar-refractivity contribution < 1.29 is 4.79 Å². The van der Waals surface area contributed by atoms with Crippen molar-refractivity contribution in [2.75, 3.05) is 27.2 Å². The number of rotatable bonds is 7. The molecule has 0 atom stereocenters. The maximum absolute atomic E-state index is 12.1. The lowest BCUT2D eigenvalue weighted by Crippen LogP contribution is -2.29. The summed E-state index contributed by atoms with van der Waals surface area (Å²) in [6.45, 7) is 3.74. The van der Waals surface area contributed by atoms with Gasteiger partial charge in [0.15, 0.2) is 0 Å². The molecule has 2 N–H and O–H groups in total. The number of benzene rings is 1. The highest BCUT2D eigenvalue weighted by Gasteiger charge is 2.14. The molecule has 2 rings (SSSR count). The van der Waals surface area contributed by atoms with E-state index in [0.717, 1.165) is 26.1 Å². The lowest BCUT2D eigenvalue weighted by molar-refractivity contribution is -0.121. The highest BCUT2D eigenvalue weighted by atomic mass is 35.5. The number of piperidine rings is 1. The van der Waals surface area contributed by atoms with Gasteiger partial charge in [-0.3, -0.25) is 4.79 Å². The molecule has 0 spiro atoms. The predicted molar refractivity (Wildman–Crippen MR) is 105 cm³/mol. The summed E-state index contributed by atoms with van der Waals surface area (Å²) in [5.74, 6) is 0.895. The third kappa shape index (κ3) is 8.34. The Morgan fingerprint density at radius 2 is 1.79 bits per heavy atom. The lowest BCUT2D eigenvalue weighted by Gasteiger charge is -2.22. The molecule has 0 aliphatic carbocycles. The molecule has 0 aromatic heterocycles. The van der Waals surface area contributed by atoms with E-state index in [1.54, 1.807) is 0 Å². The maximum Gasteiger partial charge on any atom is 0.220 e. The SMILES string of the molecule is CN(C)Cc1ccccc1CNC(=O)CCC1CCNCC1.Cl.Cl. The van der Waals surface area contributed by atoms with Gasteiger partial charge in [-0.25, -0.2) is 0 Å². The third-order valence-corrected chi connectivity index (χ3v) is 4.32. The number of carbonyl (C=O) groups is 1. The second-order valence-electron chi connectivity index (χ2n) is 6.52. The molecule has 1 aliphatic heterocycles. The first-order chi connectivity index (χ1) is 10.6. The van der Waals surface area contributed by atoms with E-state index in [1.807, 2.05) is 6.07 Å². The summed E-state index contributed by atoms with van der Waals surface area (Å²) < 4.78 is 0. The van der Waals surface area contributed by atoms with Crippen molar-refractivity contribution in [1.82, 2.24) is 15.5 Å². The first-order valence-corrected chi connectivity index (χ1v) is 8.34. The number of halogens is 2. The van der Waals surface area contributed by atoms with Crippen LogP contribution in [-0.2, 0) is 17.9 Å². The molecule has 1 amide bonds. The van der Waals surface area contributed by atoms with Crippen molar-refractivity contribution in [2.24, 2.45) is 5.92 Å². The fourth-order valence-corrected chi connectivity index (χ4v) is 3.01. The van der Waals surface area contributed by atoms with E-state index in [-0.39, 0.29) is 30.7 Å². The highest BCUT2D eigenvalue weighted by Crippen LogP contribution is 2.17. The summed E-state index contributed by atoms with van der Waals surface area (Å²) in [4.78, 5) is 14.2. The molecular weight excluding hydrogens is 345 g/mol. The van der Waals surface area contributed by atoms with Crippen molar-refractivity contribution in [3.8, 4) is 0 Å². The maximum atomic E-state index is 12.1. The smallest absolute Gasteiger partial charge is 0.220 e. The number of nitrogens with zero attached hydrogens (tertiary/aromatic N) is 1. The number of amides is 1. The zero-order valence-electron chi connectivity index (χ0n) is 14.7. The van der Waals surface area contributed by atoms with E-state index in [4.69, 9.17) is 0 Å². The molecule has 0 saturated carbocycles. The van der Waals surface area contributed by atoms with Crippen molar-refractivity contribution in [1.29, 1.82) is 0 Å². The topological polar surface area (TPSA) is 44.4 Å². The van der Waals surface area contributed by atoms with Crippen molar-refractivity contribution in [3.05, 3.63) is 35.4 Å². The predicted octanol–water partition coefficient (Wildman–Crippen LogP) is 2.99. The van der Waals surface area contributed by atoms with Crippen molar-refractivity contribution >= 4 is 30.7 Å². The Kier molecular flexibility index (Phi) is 12.1. The van der Waals surface area contributed by atoms with Crippen LogP contribution in [0.25, 0.3) is 0 Å². The van der Waals surface area contributed by atoms with Crippen LogP contribution in [0.5, 0.6) is 0 Å². The summed E-state index contributed by atoms with van der Waals surface area (Å²) in [5.41, 5.74) is 2.50. The molecule has 0 unspecified atom stereocenters. The first kappa shape index (κ1) is 23.2. The summed E-state index contributed by atoms with van der Waals surface area (Å²) in [6, 6.07) is 8.33. The van der Waals surface area contributed by atoms with Crippen LogP contribution >= 0.6 is 24.8 Å². The number of hydrogen-bond donors (Lipinski definition) is 2. The summed E-state index contributed by atoms with van der Waals surface area (Å²) >= 11 is 0. The molecule has 6 heteroatoms. The van der Waals surface area contributed by atoms with Crippen molar-refractivity contribution in [3.63, 3.8) is 0 Å². The average molecular weight is 376 g/mol. The van der Waals surface area contributed by atoms with Crippen LogP contribution in [0.2, 0.25) is 0 Å². The van der Waals surface area contributed by atoms with Gasteiger partial charge in [0.2, 0.25) is 5.91 Å². The lowest BCUT2D eigenvalue weighted by atomic mass is 9.93. The Morgan fingerprint density at radius 3 is 2.42 bits per heavy atom. The largest absolute Gasteiger partial charge is 0.352 e. The average Bonchev–Trinajstić information content (AvgIpc) is 2.52. The van der Waals surface area contributed by atoms with Crippen LogP contribution in [0, 0.1) is 5.92 Å². The summed E-state index contributed by atoms with van der Waals surface area (Å²) in [5, 5.41) is 6.45. The molecular formula is C18H31Cl2N3O. The zero-order chi connectivity index (χ0) is 15.8. The quantitative estimate of drug-likeness (QED) is 0.769. The van der Waals surface area contributed by atoms with Gasteiger partial charge in [0.1, 0.15) is 0 Å². The van der Waals surface area contributed by atoms with Gasteiger partial charge in [-0.15, -0.1) is 24.8 Å². The van der Waals surface area contributed by atoms with E-state index >= 15 is 0 Å². The van der Waals surface area contributed by atoms with Gasteiger partial charge in [-0.1, -0.05) is 24.3 Å². The van der Waals surface area contributed by atoms with Gasteiger partial charge in [-0.2, -0.15) is 0 Å². The Bertz CT molecular complexity index is 477. The Labute approximate surface area is 158 Å². The zero-order valence-corrected chi connectivity index (χ0v) is 16.3. The summed E-state index contributed by atoms with van der Waals surface area (Å²) in [7, 11) is 4.13. The monoisotopic (exact) mass is 375 g/mol. The number of carbonyl (C=O) groups excluding carboxylic acids is 1. The molecule has 1 aliphatic rings. The second kappa shape index (κ2) is 12.5. The molecule has 1 aromatic rings. The molecule has 0 radical (unpaired) electrons. The van der Waals surface area contributed by atoms with E-state index in [9.17, 15) is 4.79 Å². The van der Waals surface area contributed by atoms with Crippen LogP contribution in [0.1, 0.15) is 36.8 Å². The third-order valence-electron chi connectivity index (χ3n) is 4.32. The fraction of sp³-hybridized carbons (Fsp3) is 0.611. The molecule has 4 nitrogen and oxygen atoms in total. The minimum atomic E-state index is 0. The molecule has 0 bridgehead atoms. The van der Waals surface area contributed by atoms with Crippen molar-refractivity contribution in [2.45, 2.75) is 38.8 Å². The fourth-order valence-electron chi connectivity index (χ4n) is 3.01. The van der Waals surface area contributed by atoms with Gasteiger partial charge in [-0.05, 0) is 63.5 Å².